The van der Waals surface area contributed by atoms with Gasteiger partial charge in [-0.05, 0) is 29.7 Å². The van der Waals surface area contributed by atoms with Crippen LogP contribution in [0.5, 0.6) is 0 Å². The van der Waals surface area contributed by atoms with Crippen LogP contribution in [0.1, 0.15) is 27.4 Å². The van der Waals surface area contributed by atoms with Gasteiger partial charge in [-0.15, -0.1) is 11.3 Å². The first-order valence-corrected chi connectivity index (χ1v) is 9.88. The summed E-state index contributed by atoms with van der Waals surface area (Å²) >= 11 is 4.74. The molecule has 5 nitrogen and oxygen atoms in total. The summed E-state index contributed by atoms with van der Waals surface area (Å²) in [6.45, 7) is 0. The lowest BCUT2D eigenvalue weighted by Gasteiger charge is -2.18. The van der Waals surface area contributed by atoms with Crippen molar-refractivity contribution >= 4 is 44.3 Å². The summed E-state index contributed by atoms with van der Waals surface area (Å²) in [6.07, 6.45) is 2.00. The highest BCUT2D eigenvalue weighted by Gasteiger charge is 2.24. The molecule has 1 amide bonds. The minimum atomic E-state index is -0.473. The van der Waals surface area contributed by atoms with Crippen molar-refractivity contribution in [3.63, 3.8) is 0 Å². The van der Waals surface area contributed by atoms with Crippen molar-refractivity contribution in [2.45, 2.75) is 12.3 Å². The number of hydrogen-bond donors (Lipinski definition) is 1. The van der Waals surface area contributed by atoms with Crippen LogP contribution in [-0.2, 0) is 16.0 Å². The number of halogens is 1. The highest BCUT2D eigenvalue weighted by Crippen LogP contribution is 2.27. The maximum absolute atomic E-state index is 13.0. The lowest BCUT2D eigenvalue weighted by atomic mass is 9.89. The Hall–Kier alpha value is -2.51. The predicted octanol–water partition coefficient (Wildman–Crippen LogP) is 4.66. The van der Waals surface area contributed by atoms with Crippen LogP contribution in [0.25, 0.3) is 0 Å². The average Bonchev–Trinajstić information content (AvgIpc) is 3.19. The molecule has 1 aromatic heterocycles. The van der Waals surface area contributed by atoms with Gasteiger partial charge < -0.3 is 10.1 Å². The van der Waals surface area contributed by atoms with E-state index in [-0.39, 0.29) is 5.91 Å². The molecule has 1 N–H and O–H groups in total. The van der Waals surface area contributed by atoms with Gasteiger partial charge >= 0.3 is 5.97 Å². The fraction of sp³-hybridized carbons (Fsp3) is 0.150. The molecule has 0 aliphatic carbocycles. The van der Waals surface area contributed by atoms with Crippen LogP contribution in [0.4, 0.5) is 5.13 Å². The van der Waals surface area contributed by atoms with Crippen LogP contribution in [0.2, 0.25) is 0 Å². The second kappa shape index (κ2) is 8.92. The predicted molar refractivity (Wildman–Crippen MR) is 109 cm³/mol. The monoisotopic (exact) mass is 444 g/mol. The smallest absolute Gasteiger partial charge is 0.338 e. The number of thiazole rings is 1. The topological polar surface area (TPSA) is 68.3 Å². The number of aromatic nitrogens is 1. The number of nitrogens with zero attached hydrogens (tertiary/aromatic N) is 1. The van der Waals surface area contributed by atoms with Gasteiger partial charge in [-0.1, -0.05) is 52.3 Å². The van der Waals surface area contributed by atoms with Crippen molar-refractivity contribution in [2.24, 2.45) is 0 Å². The number of carbonyl (C=O) groups excluding carboxylic acids is 2. The second-order valence-corrected chi connectivity index (χ2v) is 7.60. The molecule has 0 spiro atoms. The summed E-state index contributed by atoms with van der Waals surface area (Å²) in [4.78, 5) is 29.3. The molecule has 0 aliphatic rings. The van der Waals surface area contributed by atoms with Crippen molar-refractivity contribution in [2.75, 3.05) is 12.4 Å². The van der Waals surface area contributed by atoms with Crippen LogP contribution >= 0.6 is 27.3 Å². The van der Waals surface area contributed by atoms with Gasteiger partial charge in [0.2, 0.25) is 5.91 Å². The van der Waals surface area contributed by atoms with Gasteiger partial charge in [0, 0.05) is 16.0 Å². The maximum atomic E-state index is 13.0. The zero-order chi connectivity index (χ0) is 19.2. The lowest BCUT2D eigenvalue weighted by molar-refractivity contribution is -0.117. The molecule has 3 aromatic rings. The normalized spacial score (nSPS) is 11.6. The summed E-state index contributed by atoms with van der Waals surface area (Å²) in [5.74, 6) is -1.08. The summed E-state index contributed by atoms with van der Waals surface area (Å²) < 4.78 is 5.67. The van der Waals surface area contributed by atoms with Crippen LogP contribution in [0.15, 0.2) is 64.6 Å². The molecule has 27 heavy (non-hydrogen) atoms. The van der Waals surface area contributed by atoms with E-state index in [0.29, 0.717) is 17.1 Å². The Balaban J connectivity index is 1.95. The first-order valence-electron chi connectivity index (χ1n) is 8.20. The first-order chi connectivity index (χ1) is 13.1. The zero-order valence-corrected chi connectivity index (χ0v) is 16.9. The molecule has 7 heteroatoms. The second-order valence-electron chi connectivity index (χ2n) is 5.79. The van der Waals surface area contributed by atoms with E-state index in [9.17, 15) is 9.59 Å². The Morgan fingerprint density at radius 2 is 2.00 bits per heavy atom. The van der Waals surface area contributed by atoms with Gasteiger partial charge in [-0.2, -0.15) is 0 Å². The summed E-state index contributed by atoms with van der Waals surface area (Å²) in [6, 6.07) is 14.9. The Morgan fingerprint density at radius 3 is 2.67 bits per heavy atom. The summed E-state index contributed by atoms with van der Waals surface area (Å²) in [5.41, 5.74) is 2.05. The quantitative estimate of drug-likeness (QED) is 0.561. The van der Waals surface area contributed by atoms with E-state index in [1.165, 1.54) is 18.4 Å². The van der Waals surface area contributed by atoms with Crippen molar-refractivity contribution < 1.29 is 14.3 Å². The highest BCUT2D eigenvalue weighted by atomic mass is 79.9. The molecule has 1 heterocycles. The highest BCUT2D eigenvalue weighted by molar-refractivity contribution is 9.10. The molecule has 0 saturated heterocycles. The number of benzene rings is 2. The number of amides is 1. The van der Waals surface area contributed by atoms with Gasteiger partial charge in [-0.25, -0.2) is 9.78 Å². The average molecular weight is 445 g/mol. The third kappa shape index (κ3) is 4.81. The number of ether oxygens (including phenoxy) is 1. The molecule has 0 unspecified atom stereocenters. The van der Waals surface area contributed by atoms with Crippen molar-refractivity contribution in [1.82, 2.24) is 4.98 Å². The van der Waals surface area contributed by atoms with E-state index in [1.54, 1.807) is 17.6 Å². The fourth-order valence-electron chi connectivity index (χ4n) is 2.77. The number of nitrogens with one attached hydrogen (secondary N) is 1. The number of esters is 1. The van der Waals surface area contributed by atoms with Crippen molar-refractivity contribution in [1.29, 1.82) is 0 Å². The van der Waals surface area contributed by atoms with Gasteiger partial charge in [0.25, 0.3) is 0 Å². The molecular weight excluding hydrogens is 428 g/mol. The molecular formula is C20H17BrN2O3S. The lowest BCUT2D eigenvalue weighted by Crippen LogP contribution is -2.24. The minimum Gasteiger partial charge on any atom is -0.465 e. The minimum absolute atomic E-state index is 0.171. The molecule has 0 saturated carbocycles. The third-order valence-corrected chi connectivity index (χ3v) is 5.26. The molecule has 0 fully saturated rings. The Kier molecular flexibility index (Phi) is 6.36. The molecule has 0 radical (unpaired) electrons. The Bertz CT molecular complexity index is 930. The van der Waals surface area contributed by atoms with E-state index >= 15 is 0 Å². The number of rotatable bonds is 6. The van der Waals surface area contributed by atoms with Crippen LogP contribution in [0, 0.1) is 0 Å². The Labute approximate surface area is 169 Å². The van der Waals surface area contributed by atoms with Gasteiger partial charge in [-0.3, -0.25) is 4.79 Å². The first kappa shape index (κ1) is 19.3. The number of hydrogen-bond acceptors (Lipinski definition) is 5. The van der Waals surface area contributed by atoms with Crippen LogP contribution < -0.4 is 5.32 Å². The fourth-order valence-corrected chi connectivity index (χ4v) is 3.66. The molecule has 0 bridgehead atoms. The number of methoxy groups -OCH3 is 1. The maximum Gasteiger partial charge on any atom is 0.338 e. The van der Waals surface area contributed by atoms with Crippen LogP contribution in [0.3, 0.4) is 0 Å². The van der Waals surface area contributed by atoms with Gasteiger partial charge in [0.15, 0.2) is 5.13 Å². The SMILES string of the molecule is COC(=O)c1cc(Br)ccc1C[C@H](C(=O)Nc1nccs1)c1ccccc1. The molecule has 2 aromatic carbocycles. The molecule has 1 atom stereocenters. The Morgan fingerprint density at radius 1 is 1.22 bits per heavy atom. The third-order valence-electron chi connectivity index (χ3n) is 4.08. The van der Waals surface area contributed by atoms with Gasteiger partial charge in [0.1, 0.15) is 0 Å². The van der Waals surface area contributed by atoms with Crippen molar-refractivity contribution in [3.8, 4) is 0 Å². The largest absolute Gasteiger partial charge is 0.465 e. The summed E-state index contributed by atoms with van der Waals surface area (Å²) in [5, 5.41) is 5.21. The molecule has 3 rings (SSSR count). The van der Waals surface area contributed by atoms with E-state index < -0.39 is 11.9 Å². The standard InChI is InChI=1S/C20H17BrN2O3S/c1-26-19(25)17-12-15(21)8-7-14(17)11-16(13-5-3-2-4-6-13)18(24)23-20-22-9-10-27-20/h2-10,12,16H,11H2,1H3,(H,22,23,24)/t16-/m0/s1. The zero-order valence-electron chi connectivity index (χ0n) is 14.5. The van der Waals surface area contributed by atoms with E-state index in [4.69, 9.17) is 4.74 Å². The summed E-state index contributed by atoms with van der Waals surface area (Å²) in [7, 11) is 1.34. The molecule has 0 aliphatic heterocycles. The van der Waals surface area contributed by atoms with E-state index in [0.717, 1.165) is 15.6 Å². The number of carbonyl (C=O) groups is 2. The van der Waals surface area contributed by atoms with E-state index in [2.05, 4.69) is 26.2 Å². The molecule has 138 valence electrons. The number of anilines is 1. The van der Waals surface area contributed by atoms with Gasteiger partial charge in [0.05, 0.1) is 18.6 Å². The van der Waals surface area contributed by atoms with Crippen LogP contribution in [-0.4, -0.2) is 24.0 Å². The van der Waals surface area contributed by atoms with E-state index in [1.807, 2.05) is 42.5 Å². The van der Waals surface area contributed by atoms with Crippen molar-refractivity contribution in [3.05, 3.63) is 81.3 Å².